The van der Waals surface area contributed by atoms with Crippen molar-refractivity contribution in [3.05, 3.63) is 34.7 Å². The Labute approximate surface area is 122 Å². The molecule has 0 bridgehead atoms. The van der Waals surface area contributed by atoms with Crippen molar-refractivity contribution in [2.24, 2.45) is 0 Å². The van der Waals surface area contributed by atoms with Crippen LogP contribution in [-0.2, 0) is 11.3 Å². The summed E-state index contributed by atoms with van der Waals surface area (Å²) in [5.74, 6) is 0.516. The first-order valence-corrected chi connectivity index (χ1v) is 6.62. The lowest BCUT2D eigenvalue weighted by Gasteiger charge is -2.03. The highest BCUT2D eigenvalue weighted by Crippen LogP contribution is 2.22. The van der Waals surface area contributed by atoms with Crippen LogP contribution >= 0.6 is 11.6 Å². The van der Waals surface area contributed by atoms with Gasteiger partial charge >= 0.3 is 6.01 Å². The van der Waals surface area contributed by atoms with Crippen molar-refractivity contribution in [3.8, 4) is 0 Å². The topological polar surface area (TPSA) is 72.2 Å². The van der Waals surface area contributed by atoms with Crippen molar-refractivity contribution in [3.63, 3.8) is 0 Å². The summed E-state index contributed by atoms with van der Waals surface area (Å²) in [5, 5.41) is 14.7. The first-order chi connectivity index (χ1) is 9.69. The number of ether oxygens (including phenoxy) is 1. The molecule has 0 aliphatic rings. The lowest BCUT2D eigenvalue weighted by Crippen LogP contribution is -2.18. The smallest absolute Gasteiger partial charge is 0.320 e. The Morgan fingerprint density at radius 2 is 2.20 bits per heavy atom. The van der Waals surface area contributed by atoms with Crippen LogP contribution in [0.15, 0.2) is 22.6 Å². The third-order valence-electron chi connectivity index (χ3n) is 2.65. The summed E-state index contributed by atoms with van der Waals surface area (Å²) in [7, 11) is 1.66. The van der Waals surface area contributed by atoms with Gasteiger partial charge in [0.25, 0.3) is 0 Å². The molecule has 1 heterocycles. The molecule has 0 aliphatic carbocycles. The second-order valence-corrected chi connectivity index (χ2v) is 4.67. The van der Waals surface area contributed by atoms with Crippen LogP contribution in [0, 0.1) is 6.92 Å². The molecule has 1 aromatic carbocycles. The van der Waals surface area contributed by atoms with Crippen LogP contribution in [0.1, 0.15) is 11.5 Å². The lowest BCUT2D eigenvalue weighted by molar-refractivity contribution is 0.198. The molecule has 0 spiro atoms. The zero-order valence-electron chi connectivity index (χ0n) is 11.4. The number of methoxy groups -OCH3 is 1. The number of halogens is 1. The number of nitrogens with one attached hydrogen (secondary N) is 2. The van der Waals surface area contributed by atoms with Crippen LogP contribution in [0.5, 0.6) is 0 Å². The number of hydrogen-bond donors (Lipinski definition) is 2. The van der Waals surface area contributed by atoms with Crippen LogP contribution in [0.2, 0.25) is 5.02 Å². The maximum absolute atomic E-state index is 6.06. The van der Waals surface area contributed by atoms with E-state index in [0.717, 1.165) is 17.8 Å². The minimum atomic E-state index is 0.341. The van der Waals surface area contributed by atoms with E-state index < -0.39 is 0 Å². The first-order valence-electron chi connectivity index (χ1n) is 6.24. The van der Waals surface area contributed by atoms with E-state index >= 15 is 0 Å². The van der Waals surface area contributed by atoms with Gasteiger partial charge in [-0.2, -0.15) is 0 Å². The maximum atomic E-state index is 6.06. The summed E-state index contributed by atoms with van der Waals surface area (Å²) in [6.07, 6.45) is 0. The zero-order valence-corrected chi connectivity index (χ0v) is 12.2. The number of rotatable bonds is 7. The van der Waals surface area contributed by atoms with Crippen molar-refractivity contribution >= 4 is 23.3 Å². The fourth-order valence-electron chi connectivity index (χ4n) is 1.54. The highest BCUT2D eigenvalue weighted by molar-refractivity contribution is 6.31. The molecule has 108 valence electrons. The molecule has 6 nitrogen and oxygen atoms in total. The van der Waals surface area contributed by atoms with E-state index in [1.165, 1.54) is 0 Å². The molecule has 7 heteroatoms. The van der Waals surface area contributed by atoms with E-state index in [1.807, 2.05) is 25.1 Å². The summed E-state index contributed by atoms with van der Waals surface area (Å²) in [5.41, 5.74) is 1.83. The van der Waals surface area contributed by atoms with Gasteiger partial charge in [-0.25, -0.2) is 0 Å². The van der Waals surface area contributed by atoms with Gasteiger partial charge in [-0.05, 0) is 24.6 Å². The predicted molar refractivity (Wildman–Crippen MR) is 77.4 cm³/mol. The van der Waals surface area contributed by atoms with Crippen molar-refractivity contribution in [2.45, 2.75) is 13.5 Å². The SMILES string of the molecule is COCCNCc1nnc(Nc2ccc(C)c(Cl)c2)o1. The quantitative estimate of drug-likeness (QED) is 0.765. The van der Waals surface area contributed by atoms with Crippen molar-refractivity contribution < 1.29 is 9.15 Å². The van der Waals surface area contributed by atoms with Crippen LogP contribution in [0.25, 0.3) is 0 Å². The fourth-order valence-corrected chi connectivity index (χ4v) is 1.72. The van der Waals surface area contributed by atoms with Crippen LogP contribution in [0.4, 0.5) is 11.7 Å². The monoisotopic (exact) mass is 296 g/mol. The highest BCUT2D eigenvalue weighted by Gasteiger charge is 2.06. The Kier molecular flexibility index (Phi) is 5.34. The number of aryl methyl sites for hydroxylation is 1. The Bertz CT molecular complexity index is 559. The highest BCUT2D eigenvalue weighted by atomic mass is 35.5. The minimum Gasteiger partial charge on any atom is -0.406 e. The molecule has 0 unspecified atom stereocenters. The maximum Gasteiger partial charge on any atom is 0.320 e. The molecule has 2 rings (SSSR count). The van der Waals surface area contributed by atoms with E-state index in [4.69, 9.17) is 20.8 Å². The number of anilines is 2. The van der Waals surface area contributed by atoms with Gasteiger partial charge in [0, 0.05) is 24.4 Å². The van der Waals surface area contributed by atoms with E-state index in [1.54, 1.807) is 7.11 Å². The van der Waals surface area contributed by atoms with E-state index in [9.17, 15) is 0 Å². The molecule has 2 N–H and O–H groups in total. The minimum absolute atomic E-state index is 0.341. The van der Waals surface area contributed by atoms with E-state index in [2.05, 4.69) is 20.8 Å². The Balaban J connectivity index is 1.90. The second-order valence-electron chi connectivity index (χ2n) is 4.26. The summed E-state index contributed by atoms with van der Waals surface area (Å²) in [4.78, 5) is 0. The molecule has 0 amide bonds. The van der Waals surface area contributed by atoms with E-state index in [-0.39, 0.29) is 0 Å². The molecule has 0 atom stereocenters. The predicted octanol–water partition coefficient (Wildman–Crippen LogP) is 2.51. The van der Waals surface area contributed by atoms with Crippen LogP contribution in [0.3, 0.4) is 0 Å². The third kappa shape index (κ3) is 4.19. The lowest BCUT2D eigenvalue weighted by atomic mass is 10.2. The molecule has 0 fully saturated rings. The average molecular weight is 297 g/mol. The molecule has 0 aliphatic heterocycles. The van der Waals surface area contributed by atoms with Crippen LogP contribution in [-0.4, -0.2) is 30.5 Å². The Morgan fingerprint density at radius 3 is 2.95 bits per heavy atom. The normalized spacial score (nSPS) is 10.8. The molecule has 1 aromatic heterocycles. The van der Waals surface area contributed by atoms with Gasteiger partial charge in [-0.1, -0.05) is 22.8 Å². The standard InChI is InChI=1S/C13H17ClN4O2/c1-9-3-4-10(7-11(9)14)16-13-18-17-12(20-13)8-15-5-6-19-2/h3-4,7,15H,5-6,8H2,1-2H3,(H,16,18). The summed E-state index contributed by atoms with van der Waals surface area (Å²) >= 11 is 6.06. The molecule has 0 saturated carbocycles. The van der Waals surface area contributed by atoms with Crippen molar-refractivity contribution in [1.82, 2.24) is 15.5 Å². The van der Waals surface area contributed by atoms with Crippen LogP contribution < -0.4 is 10.6 Å². The number of aromatic nitrogens is 2. The second kappa shape index (κ2) is 7.23. The zero-order chi connectivity index (χ0) is 14.4. The molecular weight excluding hydrogens is 280 g/mol. The van der Waals surface area contributed by atoms with Gasteiger partial charge in [-0.15, -0.1) is 5.10 Å². The molecular formula is C13H17ClN4O2. The molecule has 0 saturated heterocycles. The molecule has 20 heavy (non-hydrogen) atoms. The van der Waals surface area contributed by atoms with Gasteiger partial charge in [0.05, 0.1) is 13.2 Å². The number of benzene rings is 1. The Morgan fingerprint density at radius 1 is 1.35 bits per heavy atom. The third-order valence-corrected chi connectivity index (χ3v) is 3.06. The van der Waals surface area contributed by atoms with Gasteiger partial charge in [0.15, 0.2) is 0 Å². The van der Waals surface area contributed by atoms with Gasteiger partial charge < -0.3 is 19.8 Å². The van der Waals surface area contributed by atoms with Crippen molar-refractivity contribution in [2.75, 3.05) is 25.6 Å². The van der Waals surface area contributed by atoms with Gasteiger partial charge in [0.2, 0.25) is 5.89 Å². The average Bonchev–Trinajstić information content (AvgIpc) is 2.87. The number of hydrogen-bond acceptors (Lipinski definition) is 6. The van der Waals surface area contributed by atoms with Gasteiger partial charge in [-0.3, -0.25) is 0 Å². The Hall–Kier alpha value is -1.63. The molecule has 2 aromatic rings. The largest absolute Gasteiger partial charge is 0.406 e. The van der Waals surface area contributed by atoms with E-state index in [0.29, 0.717) is 30.1 Å². The summed E-state index contributed by atoms with van der Waals surface area (Å²) < 4.78 is 10.4. The van der Waals surface area contributed by atoms with Crippen molar-refractivity contribution in [1.29, 1.82) is 0 Å². The first kappa shape index (κ1) is 14.8. The molecule has 0 radical (unpaired) electrons. The summed E-state index contributed by atoms with van der Waals surface area (Å²) in [6, 6.07) is 5.99. The van der Waals surface area contributed by atoms with Gasteiger partial charge in [0.1, 0.15) is 0 Å². The fraction of sp³-hybridized carbons (Fsp3) is 0.385. The number of nitrogens with zero attached hydrogens (tertiary/aromatic N) is 2. The summed E-state index contributed by atoms with van der Waals surface area (Å²) in [6.45, 7) is 3.83.